The number of carbonyl (C=O) groups is 1. The van der Waals surface area contributed by atoms with Crippen molar-refractivity contribution < 1.29 is 28.2 Å². The zero-order valence-electron chi connectivity index (χ0n) is 24.5. The molecule has 1 aliphatic heterocycles. The van der Waals surface area contributed by atoms with Crippen LogP contribution in [0.3, 0.4) is 0 Å². The van der Waals surface area contributed by atoms with Crippen LogP contribution in [0.25, 0.3) is 11.0 Å². The molecule has 5 rings (SSSR count). The van der Waals surface area contributed by atoms with Crippen molar-refractivity contribution in [3.8, 4) is 23.0 Å². The fourth-order valence-corrected chi connectivity index (χ4v) is 5.47. The Morgan fingerprint density at radius 3 is 2.07 bits per heavy atom. The van der Waals surface area contributed by atoms with Crippen molar-refractivity contribution in [2.24, 2.45) is 0 Å². The molecule has 0 radical (unpaired) electrons. The van der Waals surface area contributed by atoms with E-state index in [1.807, 2.05) is 12.1 Å². The Labute approximate surface area is 245 Å². The summed E-state index contributed by atoms with van der Waals surface area (Å²) in [5.74, 6) is 2.11. The average Bonchev–Trinajstić information content (AvgIpc) is 3.23. The number of amides is 1. The quantitative estimate of drug-likeness (QED) is 0.246. The predicted molar refractivity (Wildman–Crippen MR) is 162 cm³/mol. The van der Waals surface area contributed by atoms with Gasteiger partial charge in [0.05, 0.1) is 28.4 Å². The van der Waals surface area contributed by atoms with Crippen LogP contribution in [0.15, 0.2) is 69.9 Å². The third kappa shape index (κ3) is 6.06. The summed E-state index contributed by atoms with van der Waals surface area (Å²) < 4.78 is 27.4. The number of methoxy groups -OCH3 is 4. The molecule has 42 heavy (non-hydrogen) atoms. The van der Waals surface area contributed by atoms with Gasteiger partial charge in [0.25, 0.3) is 5.91 Å². The maximum absolute atomic E-state index is 13.9. The summed E-state index contributed by atoms with van der Waals surface area (Å²) in [4.78, 5) is 30.9. The Kier molecular flexibility index (Phi) is 8.97. The first-order valence-electron chi connectivity index (χ1n) is 14.0. The van der Waals surface area contributed by atoms with Gasteiger partial charge in [0, 0.05) is 36.8 Å². The van der Waals surface area contributed by atoms with Crippen LogP contribution in [-0.4, -0.2) is 65.4 Å². The van der Waals surface area contributed by atoms with Crippen LogP contribution in [0.5, 0.6) is 23.0 Å². The van der Waals surface area contributed by atoms with Gasteiger partial charge in [-0.25, -0.2) is 4.79 Å². The molecule has 2 heterocycles. The van der Waals surface area contributed by atoms with Crippen molar-refractivity contribution in [3.05, 3.63) is 87.8 Å². The third-order valence-electron chi connectivity index (χ3n) is 7.75. The lowest BCUT2D eigenvalue weighted by Crippen LogP contribution is -2.37. The zero-order valence-corrected chi connectivity index (χ0v) is 24.5. The van der Waals surface area contributed by atoms with Crippen molar-refractivity contribution in [1.82, 2.24) is 4.90 Å². The van der Waals surface area contributed by atoms with Gasteiger partial charge in [0.1, 0.15) is 11.1 Å². The highest BCUT2D eigenvalue weighted by Gasteiger charge is 2.24. The molecule has 1 aromatic heterocycles. The first-order valence-corrected chi connectivity index (χ1v) is 14.0. The van der Waals surface area contributed by atoms with Crippen LogP contribution in [-0.2, 0) is 12.8 Å². The van der Waals surface area contributed by atoms with Crippen LogP contribution in [0.4, 0.5) is 5.69 Å². The maximum atomic E-state index is 13.9. The van der Waals surface area contributed by atoms with Gasteiger partial charge in [-0.05, 0) is 73.3 Å². The summed E-state index contributed by atoms with van der Waals surface area (Å²) in [5, 5.41) is 0.685. The lowest BCUT2D eigenvalue weighted by Gasteiger charge is -2.26. The standard InChI is InChI=1S/C33H36N2O7/c1-38-28-11-10-25(21-31(28)41-4)35(32(36)26-18-24-8-5-6-9-27(24)42-33(26)37)15-7-14-34-16-12-22-19-29(39-2)30(40-3)20-23(22)13-17-34/h5-6,8-11,18-21H,7,12-17H2,1-4H3. The number of ether oxygens (including phenoxy) is 4. The van der Waals surface area contributed by atoms with E-state index in [4.69, 9.17) is 23.4 Å². The van der Waals surface area contributed by atoms with Gasteiger partial charge in [-0.3, -0.25) is 4.79 Å². The molecule has 3 aromatic carbocycles. The molecule has 220 valence electrons. The fraction of sp³-hybridized carbons (Fsp3) is 0.333. The van der Waals surface area contributed by atoms with E-state index in [-0.39, 0.29) is 5.56 Å². The van der Waals surface area contributed by atoms with Crippen molar-refractivity contribution in [3.63, 3.8) is 0 Å². The summed E-state index contributed by atoms with van der Waals surface area (Å²) in [7, 11) is 6.42. The number of para-hydroxylation sites is 1. The molecule has 0 saturated heterocycles. The first-order chi connectivity index (χ1) is 20.4. The predicted octanol–water partition coefficient (Wildman–Crippen LogP) is 4.97. The second kappa shape index (κ2) is 13.0. The number of nitrogens with zero attached hydrogens (tertiary/aromatic N) is 2. The highest BCUT2D eigenvalue weighted by atomic mass is 16.5. The third-order valence-corrected chi connectivity index (χ3v) is 7.75. The van der Waals surface area contributed by atoms with Gasteiger partial charge in [0.2, 0.25) is 0 Å². The molecule has 0 unspecified atom stereocenters. The topological polar surface area (TPSA) is 90.7 Å². The largest absolute Gasteiger partial charge is 0.493 e. The van der Waals surface area contributed by atoms with Crippen molar-refractivity contribution in [2.45, 2.75) is 19.3 Å². The molecule has 1 aliphatic rings. The number of benzene rings is 3. The van der Waals surface area contributed by atoms with E-state index >= 15 is 0 Å². The molecule has 0 fully saturated rings. The molecule has 0 saturated carbocycles. The van der Waals surface area contributed by atoms with E-state index < -0.39 is 11.5 Å². The van der Waals surface area contributed by atoms with E-state index in [9.17, 15) is 9.59 Å². The Bertz CT molecular complexity index is 1600. The van der Waals surface area contributed by atoms with Crippen LogP contribution in [0, 0.1) is 0 Å². The van der Waals surface area contributed by atoms with Crippen LogP contribution < -0.4 is 29.5 Å². The summed E-state index contributed by atoms with van der Waals surface area (Å²) in [6.07, 6.45) is 2.49. The minimum atomic E-state index is -0.666. The van der Waals surface area contributed by atoms with Crippen LogP contribution in [0.2, 0.25) is 0 Å². The molecule has 0 atom stereocenters. The number of hydrogen-bond acceptors (Lipinski definition) is 8. The molecule has 1 amide bonds. The number of anilines is 1. The number of fused-ring (bicyclic) bond motifs is 2. The Balaban J connectivity index is 1.36. The molecule has 0 spiro atoms. The summed E-state index contributed by atoms with van der Waals surface area (Å²) in [5.41, 5.74) is 2.89. The molecule has 9 heteroatoms. The van der Waals surface area contributed by atoms with E-state index in [0.29, 0.717) is 41.1 Å². The zero-order chi connectivity index (χ0) is 29.6. The van der Waals surface area contributed by atoms with Crippen molar-refractivity contribution in [1.29, 1.82) is 0 Å². The molecular weight excluding hydrogens is 536 g/mol. The van der Waals surface area contributed by atoms with E-state index in [1.165, 1.54) is 11.1 Å². The maximum Gasteiger partial charge on any atom is 0.349 e. The van der Waals surface area contributed by atoms with Crippen LogP contribution in [0.1, 0.15) is 27.9 Å². The monoisotopic (exact) mass is 572 g/mol. The molecular formula is C33H36N2O7. The molecule has 0 N–H and O–H groups in total. The normalized spacial score (nSPS) is 13.2. The van der Waals surface area contributed by atoms with Crippen molar-refractivity contribution >= 4 is 22.6 Å². The second-order valence-electron chi connectivity index (χ2n) is 10.2. The summed E-state index contributed by atoms with van der Waals surface area (Å²) >= 11 is 0. The Morgan fingerprint density at radius 1 is 0.810 bits per heavy atom. The van der Waals surface area contributed by atoms with Gasteiger partial charge < -0.3 is 33.2 Å². The van der Waals surface area contributed by atoms with Gasteiger partial charge in [-0.2, -0.15) is 0 Å². The van der Waals surface area contributed by atoms with Gasteiger partial charge in [0.15, 0.2) is 23.0 Å². The number of rotatable bonds is 10. The van der Waals surface area contributed by atoms with E-state index in [1.54, 1.807) is 69.7 Å². The highest BCUT2D eigenvalue weighted by Crippen LogP contribution is 2.33. The minimum Gasteiger partial charge on any atom is -0.493 e. The molecule has 4 aromatic rings. The lowest BCUT2D eigenvalue weighted by atomic mass is 10.0. The van der Waals surface area contributed by atoms with Crippen molar-refractivity contribution in [2.75, 3.05) is 59.5 Å². The summed E-state index contributed by atoms with van der Waals surface area (Å²) in [6.45, 7) is 2.96. The SMILES string of the molecule is COc1ccc(N(CCCN2CCc3cc(OC)c(OC)cc3CC2)C(=O)c2cc3ccccc3oc2=O)cc1OC. The fourth-order valence-electron chi connectivity index (χ4n) is 5.47. The number of hydrogen-bond donors (Lipinski definition) is 0. The second-order valence-corrected chi connectivity index (χ2v) is 10.2. The smallest absolute Gasteiger partial charge is 0.349 e. The van der Waals surface area contributed by atoms with Crippen LogP contribution >= 0.6 is 0 Å². The highest BCUT2D eigenvalue weighted by molar-refractivity contribution is 6.07. The average molecular weight is 573 g/mol. The number of carbonyl (C=O) groups excluding carboxylic acids is 1. The Hall–Kier alpha value is -4.50. The minimum absolute atomic E-state index is 0.0170. The van der Waals surface area contributed by atoms with E-state index in [0.717, 1.165) is 44.0 Å². The first kappa shape index (κ1) is 29.0. The van der Waals surface area contributed by atoms with Gasteiger partial charge in [-0.1, -0.05) is 18.2 Å². The Morgan fingerprint density at radius 2 is 1.43 bits per heavy atom. The van der Waals surface area contributed by atoms with E-state index in [2.05, 4.69) is 17.0 Å². The van der Waals surface area contributed by atoms with Gasteiger partial charge >= 0.3 is 5.63 Å². The molecule has 9 nitrogen and oxygen atoms in total. The molecule has 0 bridgehead atoms. The molecule has 0 aliphatic carbocycles. The summed E-state index contributed by atoms with van der Waals surface area (Å²) in [6, 6.07) is 18.2. The van der Waals surface area contributed by atoms with Gasteiger partial charge in [-0.15, -0.1) is 0 Å². The lowest BCUT2D eigenvalue weighted by molar-refractivity contribution is 0.0982.